The Morgan fingerprint density at radius 2 is 2.10 bits per heavy atom. The number of nitrogens with zero attached hydrogens (tertiary/aromatic N) is 1. The van der Waals surface area contributed by atoms with Crippen LogP contribution in [0.1, 0.15) is 25.8 Å². The van der Waals surface area contributed by atoms with Gasteiger partial charge in [-0.05, 0) is 43.5 Å². The van der Waals surface area contributed by atoms with Gasteiger partial charge in [-0.3, -0.25) is 4.79 Å². The summed E-state index contributed by atoms with van der Waals surface area (Å²) in [6.45, 7) is 1.38. The van der Waals surface area contributed by atoms with E-state index in [1.807, 2.05) is 0 Å². The molecule has 0 saturated heterocycles. The Morgan fingerprint density at radius 3 is 2.71 bits per heavy atom. The summed E-state index contributed by atoms with van der Waals surface area (Å²) in [6.07, 6.45) is 1.54. The maximum Gasteiger partial charge on any atom is 0.387 e. The number of alkyl halides is 2. The quantitative estimate of drug-likeness (QED) is 0.929. The van der Waals surface area contributed by atoms with Crippen molar-refractivity contribution in [2.45, 2.75) is 39.3 Å². The molecule has 2 N–H and O–H groups in total. The van der Waals surface area contributed by atoms with Gasteiger partial charge in [-0.1, -0.05) is 6.92 Å². The Labute approximate surface area is 122 Å². The van der Waals surface area contributed by atoms with E-state index in [0.717, 1.165) is 24.1 Å². The second-order valence-electron chi connectivity index (χ2n) is 5.41. The first-order valence-corrected chi connectivity index (χ1v) is 7.05. The molecule has 0 aromatic heterocycles. The molecule has 1 aliphatic rings. The molecule has 1 aliphatic heterocycles. The van der Waals surface area contributed by atoms with E-state index in [0.29, 0.717) is 6.54 Å². The largest absolute Gasteiger partial charge is 0.435 e. The minimum Gasteiger partial charge on any atom is -0.435 e. The van der Waals surface area contributed by atoms with Gasteiger partial charge in [0.2, 0.25) is 5.91 Å². The monoisotopic (exact) mass is 298 g/mol. The van der Waals surface area contributed by atoms with Gasteiger partial charge in [0.15, 0.2) is 0 Å². The SMILES string of the molecule is CC(N)C(C)C(=O)N1CCCc2cc(OC(F)F)ccc21. The molecule has 2 rings (SSSR count). The zero-order chi connectivity index (χ0) is 15.6. The van der Waals surface area contributed by atoms with Crippen molar-refractivity contribution in [3.8, 4) is 5.75 Å². The molecule has 4 nitrogen and oxygen atoms in total. The lowest BCUT2D eigenvalue weighted by Crippen LogP contribution is -2.44. The van der Waals surface area contributed by atoms with Gasteiger partial charge in [-0.15, -0.1) is 0 Å². The summed E-state index contributed by atoms with van der Waals surface area (Å²) in [5.74, 6) is -0.195. The number of fused-ring (bicyclic) bond motifs is 1. The Hall–Kier alpha value is -1.69. The Kier molecular flexibility index (Phi) is 4.77. The normalized spacial score (nSPS) is 17.3. The van der Waals surface area contributed by atoms with Crippen molar-refractivity contribution in [3.05, 3.63) is 23.8 Å². The van der Waals surface area contributed by atoms with Crippen LogP contribution in [0.25, 0.3) is 0 Å². The number of benzene rings is 1. The lowest BCUT2D eigenvalue weighted by molar-refractivity contribution is -0.122. The Balaban J connectivity index is 2.25. The lowest BCUT2D eigenvalue weighted by Gasteiger charge is -2.32. The number of hydrogen-bond donors (Lipinski definition) is 1. The van der Waals surface area contributed by atoms with E-state index in [9.17, 15) is 13.6 Å². The van der Waals surface area contributed by atoms with Crippen LogP contribution in [0.3, 0.4) is 0 Å². The highest BCUT2D eigenvalue weighted by molar-refractivity contribution is 5.96. The zero-order valence-electron chi connectivity index (χ0n) is 12.2. The summed E-state index contributed by atoms with van der Waals surface area (Å²) in [4.78, 5) is 14.2. The van der Waals surface area contributed by atoms with Crippen LogP contribution in [0.2, 0.25) is 0 Å². The number of nitrogens with two attached hydrogens (primary N) is 1. The van der Waals surface area contributed by atoms with Gasteiger partial charge in [-0.25, -0.2) is 0 Å². The van der Waals surface area contributed by atoms with Crippen LogP contribution >= 0.6 is 0 Å². The zero-order valence-corrected chi connectivity index (χ0v) is 12.2. The van der Waals surface area contributed by atoms with Gasteiger partial charge in [0.25, 0.3) is 0 Å². The van der Waals surface area contributed by atoms with Crippen LogP contribution in [0.15, 0.2) is 18.2 Å². The number of amides is 1. The maximum atomic E-state index is 12.5. The summed E-state index contributed by atoms with van der Waals surface area (Å²) in [7, 11) is 0. The van der Waals surface area contributed by atoms with Crippen LogP contribution in [-0.2, 0) is 11.2 Å². The van der Waals surface area contributed by atoms with Gasteiger partial charge in [0, 0.05) is 18.3 Å². The number of halogens is 2. The van der Waals surface area contributed by atoms with Crippen molar-refractivity contribution in [3.63, 3.8) is 0 Å². The molecule has 0 spiro atoms. The first-order chi connectivity index (χ1) is 9.90. The molecule has 6 heteroatoms. The molecule has 1 aromatic carbocycles. The average molecular weight is 298 g/mol. The lowest BCUT2D eigenvalue weighted by atomic mass is 9.97. The van der Waals surface area contributed by atoms with E-state index in [1.165, 1.54) is 6.07 Å². The van der Waals surface area contributed by atoms with E-state index in [1.54, 1.807) is 30.9 Å². The molecule has 2 atom stereocenters. The van der Waals surface area contributed by atoms with Crippen LogP contribution in [0.5, 0.6) is 5.75 Å². The molecule has 1 aromatic rings. The van der Waals surface area contributed by atoms with Gasteiger partial charge < -0.3 is 15.4 Å². The molecule has 2 unspecified atom stereocenters. The second-order valence-corrected chi connectivity index (χ2v) is 5.41. The van der Waals surface area contributed by atoms with Crippen LogP contribution in [0.4, 0.5) is 14.5 Å². The third kappa shape index (κ3) is 3.50. The number of rotatable bonds is 4. The predicted molar refractivity (Wildman–Crippen MR) is 76.6 cm³/mol. The maximum absolute atomic E-state index is 12.5. The first-order valence-electron chi connectivity index (χ1n) is 7.05. The molecule has 21 heavy (non-hydrogen) atoms. The highest BCUT2D eigenvalue weighted by Crippen LogP contribution is 2.32. The van der Waals surface area contributed by atoms with Gasteiger partial charge in [0.05, 0.1) is 5.92 Å². The van der Waals surface area contributed by atoms with E-state index >= 15 is 0 Å². The van der Waals surface area contributed by atoms with Gasteiger partial charge in [-0.2, -0.15) is 8.78 Å². The molecular weight excluding hydrogens is 278 g/mol. The first kappa shape index (κ1) is 15.7. The second kappa shape index (κ2) is 6.39. The number of carbonyl (C=O) groups is 1. The minimum atomic E-state index is -2.84. The smallest absolute Gasteiger partial charge is 0.387 e. The fourth-order valence-electron chi connectivity index (χ4n) is 2.45. The standard InChI is InChI=1S/C15H20F2N2O2/c1-9(10(2)18)14(20)19-7-3-4-11-8-12(21-15(16)17)5-6-13(11)19/h5-6,8-10,15H,3-4,7,18H2,1-2H3. The van der Waals surface area contributed by atoms with E-state index in [2.05, 4.69) is 4.74 Å². The molecule has 0 fully saturated rings. The third-order valence-electron chi connectivity index (χ3n) is 3.84. The highest BCUT2D eigenvalue weighted by Gasteiger charge is 2.28. The molecule has 0 aliphatic carbocycles. The Bertz CT molecular complexity index is 520. The van der Waals surface area contributed by atoms with Gasteiger partial charge >= 0.3 is 6.61 Å². The van der Waals surface area contributed by atoms with Crippen molar-refractivity contribution < 1.29 is 18.3 Å². The molecule has 0 saturated carbocycles. The van der Waals surface area contributed by atoms with Crippen molar-refractivity contribution in [2.75, 3.05) is 11.4 Å². The van der Waals surface area contributed by atoms with E-state index in [4.69, 9.17) is 5.73 Å². The van der Waals surface area contributed by atoms with Crippen molar-refractivity contribution in [1.29, 1.82) is 0 Å². The number of aryl methyl sites for hydroxylation is 1. The van der Waals surface area contributed by atoms with E-state index < -0.39 is 6.61 Å². The third-order valence-corrected chi connectivity index (χ3v) is 3.84. The number of carbonyl (C=O) groups excluding carboxylic acids is 1. The molecular formula is C15H20F2N2O2. The van der Waals surface area contributed by atoms with Crippen molar-refractivity contribution >= 4 is 11.6 Å². The number of hydrogen-bond acceptors (Lipinski definition) is 3. The van der Waals surface area contributed by atoms with Crippen LogP contribution in [-0.4, -0.2) is 25.1 Å². The van der Waals surface area contributed by atoms with E-state index in [-0.39, 0.29) is 23.6 Å². The predicted octanol–water partition coefficient (Wildman–Crippen LogP) is 2.55. The van der Waals surface area contributed by atoms with Crippen LogP contribution < -0.4 is 15.4 Å². The molecule has 1 heterocycles. The topological polar surface area (TPSA) is 55.6 Å². The molecule has 116 valence electrons. The number of anilines is 1. The average Bonchev–Trinajstić information content (AvgIpc) is 2.44. The fourth-order valence-corrected chi connectivity index (χ4v) is 2.45. The highest BCUT2D eigenvalue weighted by atomic mass is 19.3. The summed E-state index contributed by atoms with van der Waals surface area (Å²) in [5.41, 5.74) is 7.41. The van der Waals surface area contributed by atoms with Crippen molar-refractivity contribution in [1.82, 2.24) is 0 Å². The Morgan fingerprint density at radius 1 is 1.38 bits per heavy atom. The number of ether oxygens (including phenoxy) is 1. The van der Waals surface area contributed by atoms with Crippen LogP contribution in [0, 0.1) is 5.92 Å². The summed E-state index contributed by atoms with van der Waals surface area (Å²) in [6, 6.07) is 4.48. The van der Waals surface area contributed by atoms with Crippen molar-refractivity contribution in [2.24, 2.45) is 11.7 Å². The summed E-state index contributed by atoms with van der Waals surface area (Å²) >= 11 is 0. The summed E-state index contributed by atoms with van der Waals surface area (Å²) in [5, 5.41) is 0. The fraction of sp³-hybridized carbons (Fsp3) is 0.533. The molecule has 0 bridgehead atoms. The summed E-state index contributed by atoms with van der Waals surface area (Å²) < 4.78 is 28.9. The minimum absolute atomic E-state index is 0.0338. The molecule has 1 amide bonds. The van der Waals surface area contributed by atoms with Gasteiger partial charge in [0.1, 0.15) is 5.75 Å². The molecule has 0 radical (unpaired) electrons.